The lowest BCUT2D eigenvalue weighted by Gasteiger charge is -2.15. The number of carbonyl (C=O) groups is 1. The molecule has 7 heteroatoms. The second-order valence-corrected chi connectivity index (χ2v) is 3.58. The van der Waals surface area contributed by atoms with Crippen LogP contribution >= 0.6 is 0 Å². The number of hydrogen-bond acceptors (Lipinski definition) is 7. The minimum absolute atomic E-state index is 0.137. The van der Waals surface area contributed by atoms with Gasteiger partial charge in [0.15, 0.2) is 5.69 Å². The summed E-state index contributed by atoms with van der Waals surface area (Å²) in [6.45, 7) is 1.97. The number of rotatable bonds is 5. The SMILES string of the molecule is COC(=O)c1ccc(NCC(N)C(C)O)nn1. The molecule has 0 amide bonds. The Morgan fingerprint density at radius 2 is 2.29 bits per heavy atom. The minimum Gasteiger partial charge on any atom is -0.464 e. The van der Waals surface area contributed by atoms with Crippen LogP contribution in [0.1, 0.15) is 17.4 Å². The highest BCUT2D eigenvalue weighted by Crippen LogP contribution is 2.03. The predicted octanol–water partition coefficient (Wildman–Crippen LogP) is -0.617. The van der Waals surface area contributed by atoms with Crippen molar-refractivity contribution in [1.82, 2.24) is 10.2 Å². The second-order valence-electron chi connectivity index (χ2n) is 3.58. The van der Waals surface area contributed by atoms with E-state index < -0.39 is 18.1 Å². The van der Waals surface area contributed by atoms with Gasteiger partial charge in [0.2, 0.25) is 0 Å². The maximum absolute atomic E-state index is 11.1. The zero-order valence-electron chi connectivity index (χ0n) is 9.75. The number of aliphatic hydroxyl groups is 1. The largest absolute Gasteiger partial charge is 0.464 e. The maximum Gasteiger partial charge on any atom is 0.358 e. The van der Waals surface area contributed by atoms with Gasteiger partial charge in [-0.25, -0.2) is 4.79 Å². The number of aromatic nitrogens is 2. The lowest BCUT2D eigenvalue weighted by atomic mass is 10.2. The number of nitrogens with one attached hydrogen (secondary N) is 1. The Bertz CT molecular complexity index is 366. The fourth-order valence-corrected chi connectivity index (χ4v) is 1.03. The summed E-state index contributed by atoms with van der Waals surface area (Å²) in [4.78, 5) is 11.1. The highest BCUT2D eigenvalue weighted by Gasteiger charge is 2.10. The van der Waals surface area contributed by atoms with E-state index in [-0.39, 0.29) is 5.69 Å². The third kappa shape index (κ3) is 3.97. The third-order valence-corrected chi connectivity index (χ3v) is 2.20. The Hall–Kier alpha value is -1.73. The summed E-state index contributed by atoms with van der Waals surface area (Å²) in [5.74, 6) is -0.0570. The summed E-state index contributed by atoms with van der Waals surface area (Å²) in [5, 5.41) is 19.5. The van der Waals surface area contributed by atoms with Crippen LogP contribution in [0.25, 0.3) is 0 Å². The van der Waals surface area contributed by atoms with Crippen LogP contribution in [0, 0.1) is 0 Å². The summed E-state index contributed by atoms with van der Waals surface area (Å²) in [6.07, 6.45) is -0.607. The van der Waals surface area contributed by atoms with Crippen molar-refractivity contribution in [2.45, 2.75) is 19.1 Å². The fourth-order valence-electron chi connectivity index (χ4n) is 1.03. The zero-order valence-corrected chi connectivity index (χ0v) is 9.75. The van der Waals surface area contributed by atoms with Gasteiger partial charge in [0.05, 0.1) is 13.2 Å². The van der Waals surface area contributed by atoms with Gasteiger partial charge in [0.1, 0.15) is 5.82 Å². The minimum atomic E-state index is -0.607. The van der Waals surface area contributed by atoms with Gasteiger partial charge in [0, 0.05) is 12.6 Å². The number of anilines is 1. The van der Waals surface area contributed by atoms with Crippen molar-refractivity contribution < 1.29 is 14.6 Å². The average molecular weight is 240 g/mol. The molecule has 4 N–H and O–H groups in total. The van der Waals surface area contributed by atoms with E-state index in [4.69, 9.17) is 5.73 Å². The molecule has 0 saturated heterocycles. The molecule has 0 radical (unpaired) electrons. The molecule has 0 aliphatic rings. The molecular weight excluding hydrogens is 224 g/mol. The quantitative estimate of drug-likeness (QED) is 0.588. The summed E-state index contributed by atoms with van der Waals surface area (Å²) in [5.41, 5.74) is 5.77. The van der Waals surface area contributed by atoms with Crippen LogP contribution in [0.4, 0.5) is 5.82 Å². The molecule has 1 rings (SSSR count). The van der Waals surface area contributed by atoms with Gasteiger partial charge in [-0.2, -0.15) is 0 Å². The molecule has 0 aliphatic carbocycles. The van der Waals surface area contributed by atoms with Gasteiger partial charge < -0.3 is 20.9 Å². The maximum atomic E-state index is 11.1. The molecule has 7 nitrogen and oxygen atoms in total. The van der Waals surface area contributed by atoms with Crippen LogP contribution in [0.2, 0.25) is 0 Å². The number of carbonyl (C=O) groups excluding carboxylic acids is 1. The van der Waals surface area contributed by atoms with E-state index >= 15 is 0 Å². The Balaban J connectivity index is 2.54. The molecule has 0 bridgehead atoms. The third-order valence-electron chi connectivity index (χ3n) is 2.20. The van der Waals surface area contributed by atoms with E-state index in [1.807, 2.05) is 0 Å². The predicted molar refractivity (Wildman–Crippen MR) is 61.5 cm³/mol. The molecule has 0 spiro atoms. The summed E-state index contributed by atoms with van der Waals surface area (Å²) in [6, 6.07) is 2.69. The average Bonchev–Trinajstić information content (AvgIpc) is 2.35. The van der Waals surface area contributed by atoms with Crippen LogP contribution in [0.3, 0.4) is 0 Å². The molecule has 0 saturated carbocycles. The normalized spacial score (nSPS) is 13.9. The van der Waals surface area contributed by atoms with Gasteiger partial charge in [-0.15, -0.1) is 10.2 Å². The van der Waals surface area contributed by atoms with E-state index in [0.29, 0.717) is 12.4 Å². The van der Waals surface area contributed by atoms with Crippen LogP contribution in [-0.4, -0.2) is 47.1 Å². The highest BCUT2D eigenvalue weighted by molar-refractivity contribution is 5.86. The number of hydrogen-bond donors (Lipinski definition) is 3. The topological polar surface area (TPSA) is 110 Å². The van der Waals surface area contributed by atoms with E-state index in [2.05, 4.69) is 20.3 Å². The summed E-state index contributed by atoms with van der Waals surface area (Å²) < 4.78 is 4.49. The van der Waals surface area contributed by atoms with E-state index in [9.17, 15) is 9.90 Å². The summed E-state index contributed by atoms with van der Waals surface area (Å²) in [7, 11) is 1.28. The molecule has 2 atom stereocenters. The molecule has 1 heterocycles. The number of nitrogens with zero attached hydrogens (tertiary/aromatic N) is 2. The van der Waals surface area contributed by atoms with Gasteiger partial charge in [-0.3, -0.25) is 0 Å². The van der Waals surface area contributed by atoms with Crippen LogP contribution < -0.4 is 11.1 Å². The van der Waals surface area contributed by atoms with Crippen molar-refractivity contribution in [3.05, 3.63) is 17.8 Å². The Labute approximate surface area is 99.0 Å². The first-order valence-electron chi connectivity index (χ1n) is 5.14. The van der Waals surface area contributed by atoms with Crippen LogP contribution in [0.5, 0.6) is 0 Å². The Morgan fingerprint density at radius 1 is 1.59 bits per heavy atom. The highest BCUT2D eigenvalue weighted by atomic mass is 16.5. The molecule has 1 aromatic rings. The van der Waals surface area contributed by atoms with Gasteiger partial charge in [-0.1, -0.05) is 0 Å². The fraction of sp³-hybridized carbons (Fsp3) is 0.500. The molecule has 1 aromatic heterocycles. The molecular formula is C10H16N4O3. The Morgan fingerprint density at radius 3 is 2.76 bits per heavy atom. The van der Waals surface area contributed by atoms with Crippen molar-refractivity contribution in [1.29, 1.82) is 0 Å². The van der Waals surface area contributed by atoms with Gasteiger partial charge >= 0.3 is 5.97 Å². The lowest BCUT2D eigenvalue weighted by Crippen LogP contribution is -2.38. The number of esters is 1. The molecule has 0 aromatic carbocycles. The van der Waals surface area contributed by atoms with E-state index in [0.717, 1.165) is 0 Å². The van der Waals surface area contributed by atoms with Crippen molar-refractivity contribution in [2.24, 2.45) is 5.73 Å². The molecule has 94 valence electrons. The first-order chi connectivity index (χ1) is 8.04. The number of aliphatic hydroxyl groups excluding tert-OH is 1. The van der Waals surface area contributed by atoms with Crippen LogP contribution in [-0.2, 0) is 4.74 Å². The first-order valence-corrected chi connectivity index (χ1v) is 5.14. The molecule has 0 aliphatic heterocycles. The van der Waals surface area contributed by atoms with Crippen molar-refractivity contribution in [2.75, 3.05) is 19.0 Å². The number of nitrogens with two attached hydrogens (primary N) is 1. The standard InChI is InChI=1S/C10H16N4O3/c1-6(15)7(11)5-12-9-4-3-8(13-14-9)10(16)17-2/h3-4,6-7,15H,5,11H2,1-2H3,(H,12,14). The van der Waals surface area contributed by atoms with Gasteiger partial charge in [-0.05, 0) is 19.1 Å². The first kappa shape index (κ1) is 13.3. The molecule has 17 heavy (non-hydrogen) atoms. The van der Waals surface area contributed by atoms with E-state index in [1.54, 1.807) is 13.0 Å². The second kappa shape index (κ2) is 6.12. The molecule has 2 unspecified atom stereocenters. The monoisotopic (exact) mass is 240 g/mol. The number of methoxy groups -OCH3 is 1. The van der Waals surface area contributed by atoms with E-state index in [1.165, 1.54) is 13.2 Å². The Kier molecular flexibility index (Phi) is 4.80. The van der Waals surface area contributed by atoms with Crippen molar-refractivity contribution in [3.8, 4) is 0 Å². The van der Waals surface area contributed by atoms with Crippen molar-refractivity contribution >= 4 is 11.8 Å². The van der Waals surface area contributed by atoms with Gasteiger partial charge in [0.25, 0.3) is 0 Å². The number of ether oxygens (including phenoxy) is 1. The molecule has 0 fully saturated rings. The van der Waals surface area contributed by atoms with Crippen LogP contribution in [0.15, 0.2) is 12.1 Å². The van der Waals surface area contributed by atoms with Crippen molar-refractivity contribution in [3.63, 3.8) is 0 Å². The smallest absolute Gasteiger partial charge is 0.358 e. The summed E-state index contributed by atoms with van der Waals surface area (Å²) >= 11 is 0. The zero-order chi connectivity index (χ0) is 12.8. The lowest BCUT2D eigenvalue weighted by molar-refractivity contribution is 0.0593.